The van der Waals surface area contributed by atoms with Crippen molar-refractivity contribution in [2.75, 3.05) is 0 Å². The fourth-order valence-corrected chi connectivity index (χ4v) is 11.3. The molecule has 5 atom stereocenters. The normalized spacial score (nSPS) is 34.4. The highest BCUT2D eigenvalue weighted by Gasteiger charge is 2.59. The number of hydrogen-bond acceptors (Lipinski definition) is 4. The highest BCUT2D eigenvalue weighted by molar-refractivity contribution is 7.67. The molecule has 2 N–H and O–H groups in total. The summed E-state index contributed by atoms with van der Waals surface area (Å²) in [6.07, 6.45) is 11.0. The van der Waals surface area contributed by atoms with E-state index in [1.807, 2.05) is 12.3 Å². The molecule has 0 radical (unpaired) electrons. The number of carbonyl (C=O) groups is 1. The summed E-state index contributed by atoms with van der Waals surface area (Å²) >= 11 is 0. The fraction of sp³-hybridized carbons (Fsp3) is 0.759. The average Bonchev–Trinajstić information content (AvgIpc) is 3.04. The number of rotatable bonds is 3. The first-order valence-electron chi connectivity index (χ1n) is 13.8. The van der Waals surface area contributed by atoms with Gasteiger partial charge in [-0.2, -0.15) is 5.10 Å². The Morgan fingerprint density at radius 1 is 0.944 bits per heavy atom. The Bertz CT molecular complexity index is 1140. The first kappa shape index (κ1) is 26.3. The maximum Gasteiger partial charge on any atom is 0.261 e. The van der Waals surface area contributed by atoms with Crippen molar-refractivity contribution in [2.45, 2.75) is 117 Å². The molecular weight excluding hydrogens is 467 g/mol. The van der Waals surface area contributed by atoms with Crippen LogP contribution in [0.2, 0.25) is 0 Å². The van der Waals surface area contributed by atoms with Crippen molar-refractivity contribution in [3.63, 3.8) is 0 Å². The van der Waals surface area contributed by atoms with Crippen LogP contribution in [0.25, 0.3) is 0 Å². The first-order chi connectivity index (χ1) is 16.6. The van der Waals surface area contributed by atoms with E-state index in [1.165, 1.54) is 16.7 Å². The van der Waals surface area contributed by atoms with Gasteiger partial charge in [-0.3, -0.25) is 9.36 Å². The third kappa shape index (κ3) is 4.25. The molecule has 0 unspecified atom stereocenters. The van der Waals surface area contributed by atoms with Crippen LogP contribution in [-0.2, 0) is 21.2 Å². The van der Waals surface area contributed by atoms with Crippen molar-refractivity contribution in [2.24, 2.45) is 23.2 Å². The molecule has 0 amide bonds. The molecule has 0 aliphatic heterocycles. The first-order valence-corrected chi connectivity index (χ1v) is 15.5. The van der Waals surface area contributed by atoms with Gasteiger partial charge in [0.25, 0.3) is 7.44 Å². The zero-order chi connectivity index (χ0) is 26.3. The van der Waals surface area contributed by atoms with Gasteiger partial charge in [0.1, 0.15) is 0 Å². The standard InChI is InChI=1S/C29H45N4O2P/c1-26(2,3)32-36(35,33-27(4,5)6)25-24-18(17-30-31-25)15-23-21-10-9-19-16-20(34)11-13-28(19,7)22(21)12-14-29(23,24)8/h16-17,21-23H,9-15H2,1-8H3,(H2,32,33,35)/t21-,22+,23+,28+,29+/m1/s1. The third-order valence-corrected chi connectivity index (χ3v) is 12.4. The monoisotopic (exact) mass is 512 g/mol. The van der Waals surface area contributed by atoms with E-state index in [9.17, 15) is 9.36 Å². The second kappa shape index (κ2) is 8.32. The summed E-state index contributed by atoms with van der Waals surface area (Å²) in [5.41, 5.74) is 3.81. The second-order valence-electron chi connectivity index (χ2n) is 14.5. The van der Waals surface area contributed by atoms with Crippen molar-refractivity contribution in [3.8, 4) is 0 Å². The molecule has 5 rings (SSSR count). The van der Waals surface area contributed by atoms with Gasteiger partial charge in [0.2, 0.25) is 0 Å². The summed E-state index contributed by atoms with van der Waals surface area (Å²) in [6.45, 7) is 17.2. The summed E-state index contributed by atoms with van der Waals surface area (Å²) in [6, 6.07) is 0. The minimum atomic E-state index is -3.26. The van der Waals surface area contributed by atoms with Gasteiger partial charge in [-0.15, -0.1) is 5.10 Å². The number of allylic oxidation sites excluding steroid dienone is 2. The Balaban J connectivity index is 1.57. The van der Waals surface area contributed by atoms with Gasteiger partial charge in [0.15, 0.2) is 11.2 Å². The van der Waals surface area contributed by atoms with Gasteiger partial charge in [0.05, 0.1) is 6.20 Å². The van der Waals surface area contributed by atoms with E-state index in [1.54, 1.807) is 0 Å². The summed E-state index contributed by atoms with van der Waals surface area (Å²) < 4.78 is 14.8. The van der Waals surface area contributed by atoms with Crippen molar-refractivity contribution in [1.29, 1.82) is 0 Å². The zero-order valence-electron chi connectivity index (χ0n) is 23.5. The molecule has 4 aliphatic rings. The molecule has 2 fully saturated rings. The summed E-state index contributed by atoms with van der Waals surface area (Å²) in [5.74, 6) is 2.01. The minimum absolute atomic E-state index is 0.0708. The molecule has 0 spiro atoms. The Morgan fingerprint density at radius 3 is 2.25 bits per heavy atom. The predicted molar refractivity (Wildman–Crippen MR) is 145 cm³/mol. The van der Waals surface area contributed by atoms with Crippen LogP contribution in [0.1, 0.15) is 105 Å². The molecule has 1 aromatic heterocycles. The Labute approximate surface area is 217 Å². The molecule has 0 saturated heterocycles. The molecule has 36 heavy (non-hydrogen) atoms. The van der Waals surface area contributed by atoms with E-state index in [4.69, 9.17) is 0 Å². The lowest BCUT2D eigenvalue weighted by Crippen LogP contribution is -2.53. The van der Waals surface area contributed by atoms with E-state index in [-0.39, 0.29) is 21.9 Å². The highest BCUT2D eigenvalue weighted by Crippen LogP contribution is 2.65. The Kier molecular flexibility index (Phi) is 6.07. The molecule has 0 bridgehead atoms. The minimum Gasteiger partial charge on any atom is -0.295 e. The quantitative estimate of drug-likeness (QED) is 0.512. The summed E-state index contributed by atoms with van der Waals surface area (Å²) in [5, 5.41) is 16.0. The number of carbonyl (C=O) groups excluding carboxylic acids is 1. The smallest absolute Gasteiger partial charge is 0.261 e. The number of nitrogens with one attached hydrogen (secondary N) is 2. The van der Waals surface area contributed by atoms with Gasteiger partial charge in [0, 0.05) is 17.5 Å². The van der Waals surface area contributed by atoms with Gasteiger partial charge >= 0.3 is 0 Å². The van der Waals surface area contributed by atoms with Crippen LogP contribution >= 0.6 is 7.44 Å². The van der Waals surface area contributed by atoms with Crippen LogP contribution in [0.3, 0.4) is 0 Å². The van der Waals surface area contributed by atoms with Crippen molar-refractivity contribution in [1.82, 2.24) is 20.4 Å². The van der Waals surface area contributed by atoms with E-state index in [0.29, 0.717) is 35.4 Å². The number of ketones is 1. The van der Waals surface area contributed by atoms with Crippen molar-refractivity contribution in [3.05, 3.63) is 29.0 Å². The molecule has 4 aliphatic carbocycles. The predicted octanol–water partition coefficient (Wildman–Crippen LogP) is 5.62. The molecule has 1 heterocycles. The molecule has 6 nitrogen and oxygen atoms in total. The van der Waals surface area contributed by atoms with E-state index < -0.39 is 7.44 Å². The van der Waals surface area contributed by atoms with Crippen molar-refractivity contribution >= 4 is 18.7 Å². The van der Waals surface area contributed by atoms with Crippen LogP contribution < -0.4 is 15.6 Å². The SMILES string of the molecule is CC(C)(C)NP(=O)(NC(C)(C)C)c1nncc2c1[C@@]1(C)CC[C@H]3[C@@H](CCC4=CC(=O)CC[C@@]43C)[C@@H]1C2. The third-order valence-electron chi connectivity index (χ3n) is 9.56. The van der Waals surface area contributed by atoms with E-state index in [0.717, 1.165) is 38.5 Å². The zero-order valence-corrected chi connectivity index (χ0v) is 24.4. The van der Waals surface area contributed by atoms with Crippen LogP contribution in [0, 0.1) is 23.2 Å². The number of fused-ring (bicyclic) bond motifs is 7. The van der Waals surface area contributed by atoms with Crippen LogP contribution in [-0.4, -0.2) is 27.1 Å². The topological polar surface area (TPSA) is 84.0 Å². The van der Waals surface area contributed by atoms with Crippen molar-refractivity contribution < 1.29 is 9.36 Å². The number of aromatic nitrogens is 2. The molecule has 7 heteroatoms. The van der Waals surface area contributed by atoms with Crippen LogP contribution in [0.5, 0.6) is 0 Å². The summed E-state index contributed by atoms with van der Waals surface area (Å²) in [7, 11) is -3.26. The molecule has 1 aromatic rings. The van der Waals surface area contributed by atoms with E-state index >= 15 is 0 Å². The Hall–Kier alpha value is -1.36. The largest absolute Gasteiger partial charge is 0.295 e. The molecule has 198 valence electrons. The maximum absolute atomic E-state index is 14.8. The maximum atomic E-state index is 14.8. The lowest BCUT2D eigenvalue weighted by molar-refractivity contribution is -0.117. The summed E-state index contributed by atoms with van der Waals surface area (Å²) in [4.78, 5) is 12.2. The lowest BCUT2D eigenvalue weighted by Gasteiger charge is -2.57. The van der Waals surface area contributed by atoms with Crippen LogP contribution in [0.4, 0.5) is 0 Å². The van der Waals surface area contributed by atoms with Gasteiger partial charge in [-0.1, -0.05) is 19.4 Å². The van der Waals surface area contributed by atoms with E-state index in [2.05, 4.69) is 75.8 Å². The number of nitrogens with zero attached hydrogens (tertiary/aromatic N) is 2. The fourth-order valence-electron chi connectivity index (χ4n) is 8.29. The average molecular weight is 513 g/mol. The van der Waals surface area contributed by atoms with Gasteiger partial charge in [-0.25, -0.2) is 10.2 Å². The highest BCUT2D eigenvalue weighted by atomic mass is 31.2. The second-order valence-corrected chi connectivity index (χ2v) is 16.6. The molecule has 2 saturated carbocycles. The van der Waals surface area contributed by atoms with Gasteiger partial charge < -0.3 is 0 Å². The van der Waals surface area contributed by atoms with Gasteiger partial charge in [-0.05, 0) is 126 Å². The van der Waals surface area contributed by atoms with Crippen LogP contribution in [0.15, 0.2) is 17.8 Å². The molecular formula is C29H45N4O2P. The molecule has 0 aromatic carbocycles. The lowest BCUT2D eigenvalue weighted by atomic mass is 9.47. The number of hydrogen-bond donors (Lipinski definition) is 2. The Morgan fingerprint density at radius 2 is 1.61 bits per heavy atom.